The maximum Gasteiger partial charge on any atom is 0.271 e. The quantitative estimate of drug-likeness (QED) is 0.626. The normalized spacial score (nSPS) is 11.4. The number of aromatic amines is 1. The molecule has 2 heterocycles. The Morgan fingerprint density at radius 2 is 2.08 bits per heavy atom. The van der Waals surface area contributed by atoms with Gasteiger partial charge in [0.1, 0.15) is 11.5 Å². The van der Waals surface area contributed by atoms with Crippen molar-refractivity contribution in [1.29, 1.82) is 0 Å². The first kappa shape index (κ1) is 20.4. The van der Waals surface area contributed by atoms with Crippen LogP contribution in [0.1, 0.15) is 34.3 Å². The molecule has 1 unspecified atom stereocenters. The fraction of sp³-hybridized carbons (Fsp3) is 0.267. The van der Waals surface area contributed by atoms with Gasteiger partial charge in [-0.2, -0.15) is 0 Å². The van der Waals surface area contributed by atoms with Crippen LogP contribution in [0.2, 0.25) is 0 Å². The molecule has 0 saturated carbocycles. The fourth-order valence-corrected chi connectivity index (χ4v) is 2.96. The number of nitrogens with one attached hydrogen (secondary N) is 2. The van der Waals surface area contributed by atoms with Crippen LogP contribution in [0.5, 0.6) is 0 Å². The maximum atomic E-state index is 12.2. The van der Waals surface area contributed by atoms with E-state index in [0.29, 0.717) is 18.7 Å². The highest BCUT2D eigenvalue weighted by molar-refractivity contribution is 7.09. The van der Waals surface area contributed by atoms with Crippen LogP contribution in [-0.2, 0) is 6.42 Å². The lowest BCUT2D eigenvalue weighted by Gasteiger charge is -2.09. The van der Waals surface area contributed by atoms with Crippen molar-refractivity contribution in [2.24, 2.45) is 5.73 Å². The third kappa shape index (κ3) is 4.45. The summed E-state index contributed by atoms with van der Waals surface area (Å²) in [6.45, 7) is 2.42. The summed E-state index contributed by atoms with van der Waals surface area (Å²) in [5.41, 5.74) is 7.76. The van der Waals surface area contributed by atoms with E-state index in [9.17, 15) is 4.79 Å². The van der Waals surface area contributed by atoms with Crippen LogP contribution >= 0.6 is 36.2 Å². The second kappa shape index (κ2) is 8.98. The molecule has 2 aromatic heterocycles. The molecule has 24 heavy (non-hydrogen) atoms. The van der Waals surface area contributed by atoms with Gasteiger partial charge < -0.3 is 16.0 Å². The summed E-state index contributed by atoms with van der Waals surface area (Å²) in [5, 5.41) is 5.54. The standard InChI is InChI=1S/C15H17N5OS.2ClH/c1-9(14-19-10-4-2-3-5-11(10)20-14)17-15(21)12-8-22-13(18-12)6-7-16;;/h2-5,8-9H,6-7,16H2,1H3,(H,17,21)(H,19,20);2*1H. The minimum absolute atomic E-state index is 0. The zero-order valence-electron chi connectivity index (χ0n) is 13.0. The topological polar surface area (TPSA) is 96.7 Å². The van der Waals surface area contributed by atoms with Crippen LogP contribution in [0.15, 0.2) is 29.6 Å². The molecule has 1 atom stereocenters. The zero-order valence-corrected chi connectivity index (χ0v) is 15.4. The Morgan fingerprint density at radius 3 is 2.79 bits per heavy atom. The van der Waals surface area contributed by atoms with E-state index >= 15 is 0 Å². The monoisotopic (exact) mass is 387 g/mol. The zero-order chi connectivity index (χ0) is 15.5. The van der Waals surface area contributed by atoms with Crippen molar-refractivity contribution >= 4 is 53.1 Å². The molecule has 0 bridgehead atoms. The number of H-pyrrole nitrogens is 1. The minimum atomic E-state index is -0.223. The number of hydrogen-bond acceptors (Lipinski definition) is 5. The number of aromatic nitrogens is 3. The first-order valence-corrected chi connectivity index (χ1v) is 7.95. The molecule has 0 saturated heterocycles. The van der Waals surface area contributed by atoms with Crippen LogP contribution in [0.25, 0.3) is 11.0 Å². The van der Waals surface area contributed by atoms with Crippen molar-refractivity contribution in [3.8, 4) is 0 Å². The number of carbonyl (C=O) groups is 1. The van der Waals surface area contributed by atoms with Crippen molar-refractivity contribution < 1.29 is 4.79 Å². The van der Waals surface area contributed by atoms with E-state index in [0.717, 1.165) is 21.9 Å². The maximum absolute atomic E-state index is 12.2. The van der Waals surface area contributed by atoms with Crippen molar-refractivity contribution in [3.05, 3.63) is 46.2 Å². The second-order valence-corrected chi connectivity index (χ2v) is 5.94. The van der Waals surface area contributed by atoms with E-state index in [2.05, 4.69) is 20.3 Å². The highest BCUT2D eigenvalue weighted by Crippen LogP contribution is 2.16. The molecule has 3 rings (SSSR count). The summed E-state index contributed by atoms with van der Waals surface area (Å²) in [6.07, 6.45) is 0.692. The van der Waals surface area contributed by atoms with Crippen molar-refractivity contribution in [3.63, 3.8) is 0 Å². The first-order valence-electron chi connectivity index (χ1n) is 7.07. The predicted octanol–water partition coefficient (Wildman–Crippen LogP) is 2.86. The average Bonchev–Trinajstić information content (AvgIpc) is 3.13. The van der Waals surface area contributed by atoms with Crippen LogP contribution < -0.4 is 11.1 Å². The Bertz CT molecular complexity index is 771. The molecule has 3 aromatic rings. The van der Waals surface area contributed by atoms with Gasteiger partial charge in [0.15, 0.2) is 0 Å². The lowest BCUT2D eigenvalue weighted by molar-refractivity contribution is 0.0934. The van der Waals surface area contributed by atoms with Gasteiger partial charge in [-0.05, 0) is 25.6 Å². The van der Waals surface area contributed by atoms with Gasteiger partial charge >= 0.3 is 0 Å². The van der Waals surface area contributed by atoms with Gasteiger partial charge in [0.25, 0.3) is 5.91 Å². The molecule has 1 aromatic carbocycles. The Kier molecular flexibility index (Phi) is 7.62. The number of thiazole rings is 1. The number of nitrogens with zero attached hydrogens (tertiary/aromatic N) is 2. The predicted molar refractivity (Wildman–Crippen MR) is 101 cm³/mol. The summed E-state index contributed by atoms with van der Waals surface area (Å²) in [4.78, 5) is 24.2. The first-order chi connectivity index (χ1) is 10.7. The van der Waals surface area contributed by atoms with Crippen molar-refractivity contribution in [2.45, 2.75) is 19.4 Å². The van der Waals surface area contributed by atoms with Crippen LogP contribution in [0, 0.1) is 0 Å². The van der Waals surface area contributed by atoms with Crippen molar-refractivity contribution in [2.75, 3.05) is 6.54 Å². The molecule has 0 aliphatic heterocycles. The molecule has 0 fully saturated rings. The Morgan fingerprint density at radius 1 is 1.33 bits per heavy atom. The molecule has 6 nitrogen and oxygen atoms in total. The van der Waals surface area contributed by atoms with Gasteiger partial charge in [0, 0.05) is 11.8 Å². The van der Waals surface area contributed by atoms with Gasteiger partial charge in [0.05, 0.1) is 22.1 Å². The number of nitrogens with two attached hydrogens (primary N) is 1. The summed E-state index contributed by atoms with van der Waals surface area (Å²) in [7, 11) is 0. The number of para-hydroxylation sites is 2. The molecule has 4 N–H and O–H groups in total. The Labute approximate surface area is 156 Å². The van der Waals surface area contributed by atoms with Gasteiger partial charge in [0.2, 0.25) is 0 Å². The number of benzene rings is 1. The third-order valence-corrected chi connectivity index (χ3v) is 4.22. The fourth-order valence-electron chi connectivity index (χ4n) is 2.17. The van der Waals surface area contributed by atoms with E-state index in [4.69, 9.17) is 5.73 Å². The van der Waals surface area contributed by atoms with Crippen LogP contribution in [0.4, 0.5) is 0 Å². The number of hydrogen-bond donors (Lipinski definition) is 3. The molecule has 130 valence electrons. The van der Waals surface area contributed by atoms with E-state index < -0.39 is 0 Å². The molecule has 0 aliphatic carbocycles. The van der Waals surface area contributed by atoms with Crippen molar-refractivity contribution in [1.82, 2.24) is 20.3 Å². The molecular formula is C15H19Cl2N5OS. The molecular weight excluding hydrogens is 369 g/mol. The molecule has 0 aliphatic rings. The SMILES string of the molecule is CC(NC(=O)c1csc(CCN)n1)c1nc2ccccc2[nH]1.Cl.Cl. The second-order valence-electron chi connectivity index (χ2n) is 5.00. The number of fused-ring (bicyclic) bond motifs is 1. The highest BCUT2D eigenvalue weighted by Gasteiger charge is 2.16. The van der Waals surface area contributed by atoms with E-state index in [1.54, 1.807) is 5.38 Å². The summed E-state index contributed by atoms with van der Waals surface area (Å²) in [5.74, 6) is 0.527. The molecule has 0 radical (unpaired) electrons. The highest BCUT2D eigenvalue weighted by atomic mass is 35.5. The number of amides is 1. The number of rotatable bonds is 5. The lowest BCUT2D eigenvalue weighted by Crippen LogP contribution is -2.27. The molecule has 1 amide bonds. The summed E-state index contributed by atoms with van der Waals surface area (Å²) >= 11 is 1.45. The van der Waals surface area contributed by atoms with E-state index in [1.165, 1.54) is 11.3 Å². The third-order valence-electron chi connectivity index (χ3n) is 3.31. The van der Waals surface area contributed by atoms with Gasteiger partial charge in [-0.1, -0.05) is 12.1 Å². The number of imidazole rings is 1. The summed E-state index contributed by atoms with van der Waals surface area (Å²) < 4.78 is 0. The molecule has 9 heteroatoms. The van der Waals surface area contributed by atoms with Gasteiger partial charge in [-0.3, -0.25) is 4.79 Å². The molecule has 0 spiro atoms. The van der Waals surface area contributed by atoms with Gasteiger partial charge in [-0.25, -0.2) is 9.97 Å². The average molecular weight is 388 g/mol. The number of carbonyl (C=O) groups excluding carboxylic acids is 1. The van der Waals surface area contributed by atoms with Gasteiger partial charge in [-0.15, -0.1) is 36.2 Å². The smallest absolute Gasteiger partial charge is 0.271 e. The van der Waals surface area contributed by atoms with E-state index in [1.807, 2.05) is 31.2 Å². The number of halogens is 2. The Hall–Kier alpha value is -1.67. The summed E-state index contributed by atoms with van der Waals surface area (Å²) in [6, 6.07) is 7.55. The Balaban J connectivity index is 0.00000144. The largest absolute Gasteiger partial charge is 0.341 e. The van der Waals surface area contributed by atoms with E-state index in [-0.39, 0.29) is 36.8 Å². The minimum Gasteiger partial charge on any atom is -0.341 e. The lowest BCUT2D eigenvalue weighted by atomic mass is 10.3. The van der Waals surface area contributed by atoms with Crippen LogP contribution in [0.3, 0.4) is 0 Å². The van der Waals surface area contributed by atoms with Crippen LogP contribution in [-0.4, -0.2) is 27.4 Å².